The summed E-state index contributed by atoms with van der Waals surface area (Å²) in [6.45, 7) is 2.18. The van der Waals surface area contributed by atoms with Gasteiger partial charge in [0.2, 0.25) is 0 Å². The van der Waals surface area contributed by atoms with E-state index in [1.807, 2.05) is 0 Å². The van der Waals surface area contributed by atoms with Crippen molar-refractivity contribution in [1.29, 1.82) is 0 Å². The fourth-order valence-electron chi connectivity index (χ4n) is 3.20. The summed E-state index contributed by atoms with van der Waals surface area (Å²) in [6.07, 6.45) is 4.44. The number of hydrogen-bond acceptors (Lipinski definition) is 1. The molecule has 98 valence electrons. The van der Waals surface area contributed by atoms with Crippen molar-refractivity contribution in [2.24, 2.45) is 5.73 Å². The lowest BCUT2D eigenvalue weighted by Gasteiger charge is -2.36. The lowest BCUT2D eigenvalue weighted by molar-refractivity contribution is 0.442. The van der Waals surface area contributed by atoms with Crippen molar-refractivity contribution in [2.75, 3.05) is 0 Å². The fraction of sp³-hybridized carbons (Fsp3) is 0.333. The van der Waals surface area contributed by atoms with Gasteiger partial charge in [0, 0.05) is 0 Å². The summed E-state index contributed by atoms with van der Waals surface area (Å²) in [5.41, 5.74) is 11.8. The number of nitrogens with two attached hydrogens (primary N) is 1. The van der Waals surface area contributed by atoms with Crippen LogP contribution in [-0.2, 0) is 18.4 Å². The highest BCUT2D eigenvalue weighted by Crippen LogP contribution is 2.38. The van der Waals surface area contributed by atoms with Crippen molar-refractivity contribution in [3.8, 4) is 0 Å². The number of benzene rings is 2. The molecule has 2 N–H and O–H groups in total. The Bertz CT molecular complexity index is 570. The average Bonchev–Trinajstić information content (AvgIpc) is 2.48. The van der Waals surface area contributed by atoms with E-state index in [1.165, 1.54) is 28.7 Å². The van der Waals surface area contributed by atoms with Crippen molar-refractivity contribution >= 4 is 0 Å². The molecule has 0 amide bonds. The molecule has 1 aliphatic carbocycles. The lowest BCUT2D eigenvalue weighted by atomic mass is 9.73. The highest BCUT2D eigenvalue weighted by Gasteiger charge is 2.33. The van der Waals surface area contributed by atoms with Crippen LogP contribution in [0.15, 0.2) is 48.5 Å². The SMILES string of the molecule is CCc1ccc(C2(N)CCCc3ccccc32)cc1. The Morgan fingerprint density at radius 3 is 2.53 bits per heavy atom. The van der Waals surface area contributed by atoms with Gasteiger partial charge in [0.05, 0.1) is 5.54 Å². The fourth-order valence-corrected chi connectivity index (χ4v) is 3.20. The maximum atomic E-state index is 6.78. The third-order valence-electron chi connectivity index (χ3n) is 4.39. The van der Waals surface area contributed by atoms with Gasteiger partial charge in [-0.2, -0.15) is 0 Å². The average molecular weight is 251 g/mol. The van der Waals surface area contributed by atoms with Gasteiger partial charge < -0.3 is 5.73 Å². The maximum absolute atomic E-state index is 6.78. The maximum Gasteiger partial charge on any atom is 0.0668 e. The summed E-state index contributed by atoms with van der Waals surface area (Å²) in [6, 6.07) is 17.5. The number of aryl methyl sites for hydroxylation is 2. The molecule has 19 heavy (non-hydrogen) atoms. The van der Waals surface area contributed by atoms with Crippen LogP contribution in [0.2, 0.25) is 0 Å². The molecule has 0 radical (unpaired) electrons. The Balaban J connectivity index is 2.07. The van der Waals surface area contributed by atoms with Gasteiger partial charge >= 0.3 is 0 Å². The molecule has 0 saturated heterocycles. The molecular weight excluding hydrogens is 230 g/mol. The van der Waals surface area contributed by atoms with Crippen LogP contribution in [0.3, 0.4) is 0 Å². The molecule has 0 fully saturated rings. The second-order valence-corrected chi connectivity index (χ2v) is 5.53. The molecule has 1 aliphatic rings. The summed E-state index contributed by atoms with van der Waals surface area (Å²) >= 11 is 0. The van der Waals surface area contributed by atoms with E-state index in [1.54, 1.807) is 0 Å². The molecule has 0 bridgehead atoms. The molecule has 1 atom stereocenters. The zero-order valence-electron chi connectivity index (χ0n) is 11.5. The van der Waals surface area contributed by atoms with E-state index in [2.05, 4.69) is 55.5 Å². The summed E-state index contributed by atoms with van der Waals surface area (Å²) in [4.78, 5) is 0. The summed E-state index contributed by atoms with van der Waals surface area (Å²) in [5, 5.41) is 0. The van der Waals surface area contributed by atoms with Crippen LogP contribution in [0.4, 0.5) is 0 Å². The molecule has 1 unspecified atom stereocenters. The first-order valence-electron chi connectivity index (χ1n) is 7.21. The van der Waals surface area contributed by atoms with Gasteiger partial charge in [-0.1, -0.05) is 55.5 Å². The monoisotopic (exact) mass is 251 g/mol. The van der Waals surface area contributed by atoms with E-state index in [4.69, 9.17) is 5.73 Å². The van der Waals surface area contributed by atoms with Crippen molar-refractivity contribution in [3.63, 3.8) is 0 Å². The van der Waals surface area contributed by atoms with Gasteiger partial charge in [0.25, 0.3) is 0 Å². The first kappa shape index (κ1) is 12.4. The quantitative estimate of drug-likeness (QED) is 0.863. The molecule has 0 saturated carbocycles. The third-order valence-corrected chi connectivity index (χ3v) is 4.39. The lowest BCUT2D eigenvalue weighted by Crippen LogP contribution is -2.41. The third kappa shape index (κ3) is 2.08. The minimum Gasteiger partial charge on any atom is -0.318 e. The van der Waals surface area contributed by atoms with Crippen LogP contribution in [0.5, 0.6) is 0 Å². The number of fused-ring (bicyclic) bond motifs is 1. The Hall–Kier alpha value is -1.60. The van der Waals surface area contributed by atoms with Crippen molar-refractivity contribution in [3.05, 3.63) is 70.8 Å². The van der Waals surface area contributed by atoms with E-state index in [0.717, 1.165) is 19.3 Å². The first-order chi connectivity index (χ1) is 9.24. The van der Waals surface area contributed by atoms with Crippen LogP contribution in [0, 0.1) is 0 Å². The minimum absolute atomic E-state index is 0.304. The Morgan fingerprint density at radius 1 is 1.05 bits per heavy atom. The van der Waals surface area contributed by atoms with Crippen LogP contribution in [0.25, 0.3) is 0 Å². The van der Waals surface area contributed by atoms with Gasteiger partial charge in [-0.15, -0.1) is 0 Å². The van der Waals surface area contributed by atoms with Crippen LogP contribution >= 0.6 is 0 Å². The predicted octanol–water partition coefficient (Wildman–Crippen LogP) is 3.79. The molecular formula is C18H21N. The molecule has 2 aromatic rings. The Labute approximate surface area is 115 Å². The van der Waals surface area contributed by atoms with Crippen molar-refractivity contribution in [2.45, 2.75) is 38.1 Å². The predicted molar refractivity (Wildman–Crippen MR) is 80.2 cm³/mol. The number of hydrogen-bond donors (Lipinski definition) is 1. The van der Waals surface area contributed by atoms with Gasteiger partial charge in [0.1, 0.15) is 0 Å². The molecule has 2 aromatic carbocycles. The first-order valence-corrected chi connectivity index (χ1v) is 7.21. The minimum atomic E-state index is -0.304. The molecule has 1 heteroatoms. The smallest absolute Gasteiger partial charge is 0.0668 e. The largest absolute Gasteiger partial charge is 0.318 e. The molecule has 0 spiro atoms. The van der Waals surface area contributed by atoms with Gasteiger partial charge in [-0.05, 0) is 47.9 Å². The van der Waals surface area contributed by atoms with Crippen LogP contribution in [-0.4, -0.2) is 0 Å². The van der Waals surface area contributed by atoms with E-state index in [0.29, 0.717) is 0 Å². The van der Waals surface area contributed by atoms with E-state index in [-0.39, 0.29) is 5.54 Å². The normalized spacial score (nSPS) is 22.0. The van der Waals surface area contributed by atoms with Crippen molar-refractivity contribution < 1.29 is 0 Å². The number of rotatable bonds is 2. The second-order valence-electron chi connectivity index (χ2n) is 5.53. The highest BCUT2D eigenvalue weighted by atomic mass is 14.8. The molecule has 0 aliphatic heterocycles. The van der Waals surface area contributed by atoms with Crippen molar-refractivity contribution in [1.82, 2.24) is 0 Å². The second kappa shape index (κ2) is 4.82. The molecule has 1 nitrogen and oxygen atoms in total. The zero-order chi connectivity index (χ0) is 13.3. The van der Waals surface area contributed by atoms with Gasteiger partial charge in [-0.3, -0.25) is 0 Å². The summed E-state index contributed by atoms with van der Waals surface area (Å²) < 4.78 is 0. The van der Waals surface area contributed by atoms with Gasteiger partial charge in [-0.25, -0.2) is 0 Å². The Kier molecular flexibility index (Phi) is 3.16. The Morgan fingerprint density at radius 2 is 1.79 bits per heavy atom. The topological polar surface area (TPSA) is 26.0 Å². The molecule has 3 rings (SSSR count). The van der Waals surface area contributed by atoms with E-state index >= 15 is 0 Å². The van der Waals surface area contributed by atoms with Crippen LogP contribution < -0.4 is 5.73 Å². The zero-order valence-corrected chi connectivity index (χ0v) is 11.5. The van der Waals surface area contributed by atoms with E-state index < -0.39 is 0 Å². The van der Waals surface area contributed by atoms with Crippen LogP contribution in [0.1, 0.15) is 42.0 Å². The summed E-state index contributed by atoms with van der Waals surface area (Å²) in [5.74, 6) is 0. The van der Waals surface area contributed by atoms with E-state index in [9.17, 15) is 0 Å². The molecule has 0 aromatic heterocycles. The summed E-state index contributed by atoms with van der Waals surface area (Å²) in [7, 11) is 0. The highest BCUT2D eigenvalue weighted by molar-refractivity contribution is 5.44. The van der Waals surface area contributed by atoms with Gasteiger partial charge in [0.15, 0.2) is 0 Å². The molecule has 0 heterocycles. The standard InChI is InChI=1S/C18H21N/c1-2-14-9-11-16(12-10-14)18(19)13-5-7-15-6-3-4-8-17(15)18/h3-4,6,8-12H,2,5,7,13,19H2,1H3.